The van der Waals surface area contributed by atoms with Crippen LogP contribution in [0.4, 0.5) is 0 Å². The maximum absolute atomic E-state index is 11.9. The first-order valence-electron chi connectivity index (χ1n) is 6.44. The van der Waals surface area contributed by atoms with Gasteiger partial charge in [0.2, 0.25) is 5.91 Å². The van der Waals surface area contributed by atoms with Crippen LogP contribution in [-0.4, -0.2) is 11.6 Å². The van der Waals surface area contributed by atoms with E-state index in [0.29, 0.717) is 5.02 Å². The fraction of sp³-hybridized carbons (Fsp3) is 0.200. The maximum Gasteiger partial charge on any atom is 0.244 e. The molecule has 3 nitrogen and oxygen atoms in total. The average Bonchev–Trinajstić information content (AvgIpc) is 2.89. The summed E-state index contributed by atoms with van der Waals surface area (Å²) in [5, 5.41) is 4.88. The summed E-state index contributed by atoms with van der Waals surface area (Å²) in [6.07, 6.45) is 1.04. The average molecular weight is 386 g/mol. The Hall–Kier alpha value is -1.17. The van der Waals surface area contributed by atoms with Gasteiger partial charge < -0.3 is 0 Å². The van der Waals surface area contributed by atoms with Crippen molar-refractivity contribution < 1.29 is 4.79 Å². The zero-order valence-corrected chi connectivity index (χ0v) is 14.6. The lowest BCUT2D eigenvalue weighted by atomic mass is 10.1. The van der Waals surface area contributed by atoms with E-state index in [9.17, 15) is 4.79 Å². The minimum atomic E-state index is -0.140. The lowest BCUT2D eigenvalue weighted by Crippen LogP contribution is -2.21. The van der Waals surface area contributed by atoms with Crippen molar-refractivity contribution in [2.45, 2.75) is 19.8 Å². The summed E-state index contributed by atoms with van der Waals surface area (Å²) in [7, 11) is 0. The van der Waals surface area contributed by atoms with Crippen molar-refractivity contribution in [3.63, 3.8) is 0 Å². The number of nitrogens with zero attached hydrogens (tertiary/aromatic N) is 1. The van der Waals surface area contributed by atoms with Gasteiger partial charge in [-0.3, -0.25) is 4.79 Å². The van der Waals surface area contributed by atoms with E-state index >= 15 is 0 Å². The van der Waals surface area contributed by atoms with Crippen molar-refractivity contribution in [2.24, 2.45) is 5.10 Å². The number of rotatable bonds is 5. The number of hydrazone groups is 1. The van der Waals surface area contributed by atoms with Gasteiger partial charge in [0.15, 0.2) is 0 Å². The Morgan fingerprint density at radius 1 is 1.29 bits per heavy atom. The first-order valence-corrected chi connectivity index (χ1v) is 8.42. The van der Waals surface area contributed by atoms with Gasteiger partial charge in [0.05, 0.1) is 20.8 Å². The Kier molecular flexibility index (Phi) is 5.96. The number of nitrogens with one attached hydrogen (secondary N) is 1. The monoisotopic (exact) mass is 384 g/mol. The third-order valence-electron chi connectivity index (χ3n) is 2.79. The standard InChI is InChI=1S/C15H14BrClN2OS/c1-2-12(13-7-8-14(16)21-13)18-19-15(20)9-10-3-5-11(17)6-4-10/h3-8H,2,9H2,1H3,(H,19,20)/b18-12-. The van der Waals surface area contributed by atoms with Crippen molar-refractivity contribution in [2.75, 3.05) is 0 Å². The molecule has 0 bridgehead atoms. The Morgan fingerprint density at radius 2 is 2.00 bits per heavy atom. The second kappa shape index (κ2) is 7.73. The van der Waals surface area contributed by atoms with Crippen molar-refractivity contribution in [3.8, 4) is 0 Å². The van der Waals surface area contributed by atoms with Gasteiger partial charge in [-0.25, -0.2) is 5.43 Å². The molecule has 0 saturated carbocycles. The van der Waals surface area contributed by atoms with E-state index < -0.39 is 0 Å². The summed E-state index contributed by atoms with van der Waals surface area (Å²) < 4.78 is 1.05. The fourth-order valence-electron chi connectivity index (χ4n) is 1.73. The Bertz CT molecular complexity index is 652. The predicted molar refractivity (Wildman–Crippen MR) is 92.1 cm³/mol. The molecule has 0 aliphatic rings. The molecule has 2 rings (SSSR count). The molecule has 6 heteroatoms. The smallest absolute Gasteiger partial charge is 0.244 e. The predicted octanol–water partition coefficient (Wildman–Crippen LogP) is 4.64. The van der Waals surface area contributed by atoms with E-state index in [4.69, 9.17) is 11.6 Å². The lowest BCUT2D eigenvalue weighted by molar-refractivity contribution is -0.120. The maximum atomic E-state index is 11.9. The summed E-state index contributed by atoms with van der Waals surface area (Å²) in [4.78, 5) is 12.9. The number of carbonyl (C=O) groups excluding carboxylic acids is 1. The van der Waals surface area contributed by atoms with Crippen LogP contribution >= 0.6 is 38.9 Å². The highest BCUT2D eigenvalue weighted by Crippen LogP contribution is 2.23. The van der Waals surface area contributed by atoms with Gasteiger partial charge in [0.1, 0.15) is 0 Å². The summed E-state index contributed by atoms with van der Waals surface area (Å²) >= 11 is 10.8. The van der Waals surface area contributed by atoms with Gasteiger partial charge in [-0.15, -0.1) is 11.3 Å². The van der Waals surface area contributed by atoms with Gasteiger partial charge >= 0.3 is 0 Å². The van der Waals surface area contributed by atoms with Gasteiger partial charge in [0.25, 0.3) is 0 Å². The number of benzene rings is 1. The highest BCUT2D eigenvalue weighted by molar-refractivity contribution is 9.11. The van der Waals surface area contributed by atoms with Crippen LogP contribution in [0.2, 0.25) is 5.02 Å². The molecule has 21 heavy (non-hydrogen) atoms. The molecule has 0 radical (unpaired) electrons. The Labute approximate surface area is 141 Å². The summed E-state index contributed by atoms with van der Waals surface area (Å²) in [5.41, 5.74) is 4.39. The number of hydrogen-bond donors (Lipinski definition) is 1. The van der Waals surface area contributed by atoms with Crippen LogP contribution in [-0.2, 0) is 11.2 Å². The second-order valence-electron chi connectivity index (χ2n) is 4.35. The van der Waals surface area contributed by atoms with Crippen molar-refractivity contribution in [1.82, 2.24) is 5.43 Å². The Balaban J connectivity index is 1.98. The summed E-state index contributed by atoms with van der Waals surface area (Å²) in [5.74, 6) is -0.140. The molecule has 1 aromatic heterocycles. The quantitative estimate of drug-likeness (QED) is 0.591. The third kappa shape index (κ3) is 4.95. The molecule has 0 atom stereocenters. The largest absolute Gasteiger partial charge is 0.273 e. The molecule has 1 N–H and O–H groups in total. The minimum absolute atomic E-state index is 0.140. The molecule has 110 valence electrons. The highest BCUT2D eigenvalue weighted by atomic mass is 79.9. The van der Waals surface area contributed by atoms with E-state index in [1.54, 1.807) is 23.5 Å². The van der Waals surface area contributed by atoms with Crippen LogP contribution in [0, 0.1) is 0 Å². The van der Waals surface area contributed by atoms with Crippen LogP contribution in [0.1, 0.15) is 23.8 Å². The molecule has 0 aliphatic carbocycles. The molecule has 2 aromatic rings. The van der Waals surface area contributed by atoms with Crippen molar-refractivity contribution >= 4 is 50.5 Å². The summed E-state index contributed by atoms with van der Waals surface area (Å²) in [6.45, 7) is 2.01. The van der Waals surface area contributed by atoms with Crippen LogP contribution in [0.3, 0.4) is 0 Å². The molecule has 0 unspecified atom stereocenters. The molecule has 1 aromatic carbocycles. The zero-order chi connectivity index (χ0) is 15.2. The van der Waals surface area contributed by atoms with Crippen molar-refractivity contribution in [3.05, 3.63) is 55.6 Å². The summed E-state index contributed by atoms with van der Waals surface area (Å²) in [6, 6.07) is 11.2. The number of halogens is 2. The number of amides is 1. The molecular weight excluding hydrogens is 372 g/mol. The first kappa shape index (κ1) is 16.2. The van der Waals surface area contributed by atoms with E-state index in [1.165, 1.54) is 0 Å². The third-order valence-corrected chi connectivity index (χ3v) is 4.71. The van der Waals surface area contributed by atoms with Gasteiger partial charge in [-0.05, 0) is 52.2 Å². The topological polar surface area (TPSA) is 41.5 Å². The van der Waals surface area contributed by atoms with Crippen LogP contribution in [0.25, 0.3) is 0 Å². The van der Waals surface area contributed by atoms with Gasteiger partial charge in [0, 0.05) is 5.02 Å². The first-order chi connectivity index (χ1) is 10.1. The van der Waals surface area contributed by atoms with Crippen LogP contribution in [0.5, 0.6) is 0 Å². The Morgan fingerprint density at radius 3 is 2.57 bits per heavy atom. The SMILES string of the molecule is CC/C(=N/NC(=O)Cc1ccc(Cl)cc1)c1ccc(Br)s1. The lowest BCUT2D eigenvalue weighted by Gasteiger charge is -2.03. The molecule has 0 spiro atoms. The van der Waals surface area contributed by atoms with Crippen LogP contribution < -0.4 is 5.43 Å². The molecule has 0 saturated heterocycles. The number of hydrogen-bond acceptors (Lipinski definition) is 3. The van der Waals surface area contributed by atoms with Gasteiger partial charge in [-0.1, -0.05) is 30.7 Å². The van der Waals surface area contributed by atoms with Crippen LogP contribution in [0.15, 0.2) is 45.3 Å². The molecule has 0 aliphatic heterocycles. The minimum Gasteiger partial charge on any atom is -0.273 e. The normalized spacial score (nSPS) is 11.5. The number of carbonyl (C=O) groups is 1. The van der Waals surface area contributed by atoms with Crippen molar-refractivity contribution in [1.29, 1.82) is 0 Å². The van der Waals surface area contributed by atoms with E-state index in [0.717, 1.165) is 26.4 Å². The van der Waals surface area contributed by atoms with E-state index in [1.807, 2.05) is 31.2 Å². The number of thiophene rings is 1. The van der Waals surface area contributed by atoms with E-state index in [2.05, 4.69) is 26.5 Å². The molecular formula is C15H14BrClN2OS. The highest BCUT2D eigenvalue weighted by Gasteiger charge is 2.07. The fourth-order valence-corrected chi connectivity index (χ4v) is 3.31. The van der Waals surface area contributed by atoms with E-state index in [-0.39, 0.29) is 12.3 Å². The zero-order valence-electron chi connectivity index (χ0n) is 11.4. The molecule has 1 heterocycles. The molecule has 1 amide bonds. The molecule has 0 fully saturated rings. The van der Waals surface area contributed by atoms with Gasteiger partial charge in [-0.2, -0.15) is 5.10 Å². The second-order valence-corrected chi connectivity index (χ2v) is 7.25.